The molecule has 0 bridgehead atoms. The molecule has 2 aliphatic rings. The number of benzene rings is 2. The number of carbonyl (C=O) groups is 1. The Hall–Kier alpha value is -3.09. The number of hydrogen-bond donors (Lipinski definition) is 1. The molecule has 0 atom stereocenters. The van der Waals surface area contributed by atoms with E-state index >= 15 is 0 Å². The van der Waals surface area contributed by atoms with Crippen molar-refractivity contribution in [1.29, 1.82) is 0 Å². The SMILES string of the molecule is C=C(NC(=O)C(F)F)c1ccc(C2CN(c3ccc4c(c3)OCCO4)C2)cc1. The van der Waals surface area contributed by atoms with E-state index in [1.54, 1.807) is 12.1 Å². The summed E-state index contributed by atoms with van der Waals surface area (Å²) in [5, 5.41) is 2.11. The normalized spacial score (nSPS) is 15.9. The number of halogens is 2. The summed E-state index contributed by atoms with van der Waals surface area (Å²) in [5.41, 5.74) is 3.04. The molecule has 5 nitrogen and oxygen atoms in total. The van der Waals surface area contributed by atoms with E-state index in [9.17, 15) is 13.6 Å². The van der Waals surface area contributed by atoms with E-state index < -0.39 is 12.3 Å². The van der Waals surface area contributed by atoms with Crippen molar-refractivity contribution in [3.8, 4) is 11.5 Å². The third kappa shape index (κ3) is 3.65. The van der Waals surface area contributed by atoms with Gasteiger partial charge in [0.05, 0.1) is 0 Å². The van der Waals surface area contributed by atoms with Crippen molar-refractivity contribution < 1.29 is 23.0 Å². The number of fused-ring (bicyclic) bond motifs is 1. The number of nitrogens with one attached hydrogen (secondary N) is 1. The van der Waals surface area contributed by atoms with Gasteiger partial charge in [-0.05, 0) is 23.3 Å². The largest absolute Gasteiger partial charge is 0.486 e. The van der Waals surface area contributed by atoms with Crippen molar-refractivity contribution in [1.82, 2.24) is 5.32 Å². The molecule has 0 aliphatic carbocycles. The van der Waals surface area contributed by atoms with E-state index in [1.165, 1.54) is 0 Å². The predicted octanol–water partition coefficient (Wildman–Crippen LogP) is 3.41. The smallest absolute Gasteiger partial charge is 0.315 e. The molecule has 0 saturated carbocycles. The van der Waals surface area contributed by atoms with Crippen LogP contribution in [0.3, 0.4) is 0 Å². The summed E-state index contributed by atoms with van der Waals surface area (Å²) >= 11 is 0. The number of alkyl halides is 2. The van der Waals surface area contributed by atoms with E-state index in [0.29, 0.717) is 24.7 Å². The molecule has 0 radical (unpaired) electrons. The Balaban J connectivity index is 1.36. The Kier molecular flexibility index (Phi) is 4.90. The third-order valence-electron chi connectivity index (χ3n) is 4.98. The maximum Gasteiger partial charge on any atom is 0.315 e. The zero-order valence-corrected chi connectivity index (χ0v) is 15.2. The van der Waals surface area contributed by atoms with Crippen LogP contribution < -0.4 is 19.7 Å². The molecule has 0 spiro atoms. The second-order valence-corrected chi connectivity index (χ2v) is 6.82. The first-order valence-corrected chi connectivity index (χ1v) is 9.04. The highest BCUT2D eigenvalue weighted by molar-refractivity contribution is 5.88. The van der Waals surface area contributed by atoms with Crippen LogP contribution in [0, 0.1) is 0 Å². The highest BCUT2D eigenvalue weighted by atomic mass is 19.3. The van der Waals surface area contributed by atoms with Gasteiger partial charge < -0.3 is 19.7 Å². The molecular formula is C21H20F2N2O3. The van der Waals surface area contributed by atoms with Gasteiger partial charge in [0.25, 0.3) is 5.91 Å². The van der Waals surface area contributed by atoms with E-state index in [4.69, 9.17) is 9.47 Å². The first-order valence-electron chi connectivity index (χ1n) is 9.04. The zero-order chi connectivity index (χ0) is 19.7. The number of carbonyl (C=O) groups excluding carboxylic acids is 1. The number of ether oxygens (including phenoxy) is 2. The molecule has 2 aliphatic heterocycles. The first-order chi connectivity index (χ1) is 13.5. The highest BCUT2D eigenvalue weighted by Crippen LogP contribution is 2.38. The quantitative estimate of drug-likeness (QED) is 0.856. The predicted molar refractivity (Wildman–Crippen MR) is 102 cm³/mol. The van der Waals surface area contributed by atoms with Gasteiger partial charge in [-0.2, -0.15) is 8.78 Å². The summed E-state index contributed by atoms with van der Waals surface area (Å²) in [6.45, 7) is 6.54. The maximum absolute atomic E-state index is 12.3. The van der Waals surface area contributed by atoms with Crippen LogP contribution in [0.2, 0.25) is 0 Å². The van der Waals surface area contributed by atoms with Crippen LogP contribution in [0.4, 0.5) is 14.5 Å². The van der Waals surface area contributed by atoms with Gasteiger partial charge in [-0.25, -0.2) is 0 Å². The Bertz CT molecular complexity index is 893. The van der Waals surface area contributed by atoms with Gasteiger partial charge in [0.2, 0.25) is 0 Å². The van der Waals surface area contributed by atoms with Gasteiger partial charge in [-0.3, -0.25) is 4.79 Å². The molecule has 146 valence electrons. The zero-order valence-electron chi connectivity index (χ0n) is 15.2. The minimum atomic E-state index is -3.06. The number of hydrogen-bond acceptors (Lipinski definition) is 4. The van der Waals surface area contributed by atoms with E-state index in [2.05, 4.69) is 16.8 Å². The molecule has 4 rings (SSSR count). The third-order valence-corrected chi connectivity index (χ3v) is 4.98. The summed E-state index contributed by atoms with van der Waals surface area (Å²) in [6, 6.07) is 13.4. The molecule has 2 heterocycles. The standard InChI is InChI=1S/C21H20F2N2O3/c1-13(24-21(26)20(22)23)14-2-4-15(5-3-14)16-11-25(12-16)17-6-7-18-19(10-17)28-9-8-27-18/h2-7,10,16,20H,1,8-9,11-12H2,(H,24,26). The summed E-state index contributed by atoms with van der Waals surface area (Å²) in [6.07, 6.45) is -3.06. The topological polar surface area (TPSA) is 50.8 Å². The molecule has 1 fully saturated rings. The molecule has 7 heteroatoms. The lowest BCUT2D eigenvalue weighted by atomic mass is 9.90. The van der Waals surface area contributed by atoms with Crippen molar-refractivity contribution in [2.45, 2.75) is 12.3 Å². The lowest BCUT2D eigenvalue weighted by molar-refractivity contribution is -0.130. The van der Waals surface area contributed by atoms with Crippen molar-refractivity contribution in [3.63, 3.8) is 0 Å². The number of anilines is 1. The fourth-order valence-corrected chi connectivity index (χ4v) is 3.36. The minimum Gasteiger partial charge on any atom is -0.486 e. The Labute approximate surface area is 161 Å². The lowest BCUT2D eigenvalue weighted by Gasteiger charge is -2.41. The molecule has 2 aromatic carbocycles. The number of rotatable bonds is 5. The van der Waals surface area contributed by atoms with E-state index in [1.807, 2.05) is 30.3 Å². The van der Waals surface area contributed by atoms with Crippen LogP contribution in [-0.4, -0.2) is 38.6 Å². The van der Waals surface area contributed by atoms with Crippen LogP contribution in [-0.2, 0) is 4.79 Å². The van der Waals surface area contributed by atoms with Gasteiger partial charge in [-0.1, -0.05) is 30.8 Å². The average molecular weight is 386 g/mol. The molecular weight excluding hydrogens is 366 g/mol. The molecule has 28 heavy (non-hydrogen) atoms. The van der Waals surface area contributed by atoms with Gasteiger partial charge in [-0.15, -0.1) is 0 Å². The molecule has 0 aromatic heterocycles. The summed E-state index contributed by atoms with van der Waals surface area (Å²) in [4.78, 5) is 13.3. The second-order valence-electron chi connectivity index (χ2n) is 6.82. The molecule has 1 N–H and O–H groups in total. The fraction of sp³-hybridized carbons (Fsp3) is 0.286. The summed E-state index contributed by atoms with van der Waals surface area (Å²) < 4.78 is 35.8. The van der Waals surface area contributed by atoms with Crippen LogP contribution in [0.15, 0.2) is 49.0 Å². The second kappa shape index (κ2) is 7.50. The number of amides is 1. The Morgan fingerprint density at radius 3 is 2.43 bits per heavy atom. The van der Waals surface area contributed by atoms with Crippen LogP contribution in [0.25, 0.3) is 5.70 Å². The van der Waals surface area contributed by atoms with Crippen molar-refractivity contribution in [2.24, 2.45) is 0 Å². The van der Waals surface area contributed by atoms with Gasteiger partial charge in [0, 0.05) is 36.5 Å². The lowest BCUT2D eigenvalue weighted by Crippen LogP contribution is -2.45. The minimum absolute atomic E-state index is 0.170. The Morgan fingerprint density at radius 2 is 1.75 bits per heavy atom. The summed E-state index contributed by atoms with van der Waals surface area (Å²) in [7, 11) is 0. The molecule has 2 aromatic rings. The number of nitrogens with zero attached hydrogens (tertiary/aromatic N) is 1. The molecule has 0 unspecified atom stereocenters. The monoisotopic (exact) mass is 386 g/mol. The molecule has 1 saturated heterocycles. The van der Waals surface area contributed by atoms with Crippen molar-refractivity contribution >= 4 is 17.3 Å². The average Bonchev–Trinajstić information content (AvgIpc) is 2.67. The van der Waals surface area contributed by atoms with E-state index in [0.717, 1.165) is 35.8 Å². The van der Waals surface area contributed by atoms with Crippen LogP contribution >= 0.6 is 0 Å². The van der Waals surface area contributed by atoms with Gasteiger partial charge in [0.15, 0.2) is 11.5 Å². The van der Waals surface area contributed by atoms with Crippen molar-refractivity contribution in [3.05, 3.63) is 60.2 Å². The fourth-order valence-electron chi connectivity index (χ4n) is 3.36. The van der Waals surface area contributed by atoms with E-state index in [-0.39, 0.29) is 5.70 Å². The van der Waals surface area contributed by atoms with Crippen LogP contribution in [0.1, 0.15) is 17.0 Å². The Morgan fingerprint density at radius 1 is 1.07 bits per heavy atom. The molecule has 1 amide bonds. The van der Waals surface area contributed by atoms with Gasteiger partial charge in [0.1, 0.15) is 13.2 Å². The maximum atomic E-state index is 12.3. The highest BCUT2D eigenvalue weighted by Gasteiger charge is 2.29. The van der Waals surface area contributed by atoms with Crippen LogP contribution in [0.5, 0.6) is 11.5 Å². The van der Waals surface area contributed by atoms with Crippen molar-refractivity contribution in [2.75, 3.05) is 31.2 Å². The first kappa shape index (κ1) is 18.3. The van der Waals surface area contributed by atoms with Gasteiger partial charge >= 0.3 is 6.43 Å². The summed E-state index contributed by atoms with van der Waals surface area (Å²) in [5.74, 6) is 0.594.